The first-order chi connectivity index (χ1) is 12.4. The SMILES string of the molecule is Cc1cc(C)c(CC(=O)N2CCN(C(=O)Cc3cc[nH]c3)CC2)c(C)c1. The summed E-state index contributed by atoms with van der Waals surface area (Å²) >= 11 is 0. The van der Waals surface area contributed by atoms with Gasteiger partial charge in [0.15, 0.2) is 0 Å². The molecule has 1 aromatic carbocycles. The first kappa shape index (κ1) is 18.2. The normalized spacial score (nSPS) is 14.6. The maximum atomic E-state index is 12.7. The summed E-state index contributed by atoms with van der Waals surface area (Å²) in [7, 11) is 0. The van der Waals surface area contributed by atoms with Crippen molar-refractivity contribution < 1.29 is 9.59 Å². The molecule has 0 saturated carbocycles. The molecule has 1 N–H and O–H groups in total. The summed E-state index contributed by atoms with van der Waals surface area (Å²) < 4.78 is 0. The number of hydrogen-bond acceptors (Lipinski definition) is 2. The highest BCUT2D eigenvalue weighted by Crippen LogP contribution is 2.18. The molecule has 0 bridgehead atoms. The van der Waals surface area contributed by atoms with Gasteiger partial charge in [-0.3, -0.25) is 9.59 Å². The molecule has 2 amide bonds. The van der Waals surface area contributed by atoms with E-state index in [0.29, 0.717) is 39.0 Å². The molecule has 1 aliphatic heterocycles. The Bertz CT molecular complexity index is 765. The Morgan fingerprint density at radius 3 is 1.96 bits per heavy atom. The molecule has 1 aromatic heterocycles. The second-order valence-corrected chi connectivity index (χ2v) is 7.21. The van der Waals surface area contributed by atoms with Crippen molar-refractivity contribution in [1.82, 2.24) is 14.8 Å². The molecule has 138 valence electrons. The number of nitrogens with zero attached hydrogens (tertiary/aromatic N) is 2. The summed E-state index contributed by atoms with van der Waals surface area (Å²) in [5, 5.41) is 0. The summed E-state index contributed by atoms with van der Waals surface area (Å²) in [6.07, 6.45) is 4.53. The molecule has 0 spiro atoms. The number of carbonyl (C=O) groups excluding carboxylic acids is 2. The molecule has 5 nitrogen and oxygen atoms in total. The van der Waals surface area contributed by atoms with Crippen LogP contribution in [0.3, 0.4) is 0 Å². The van der Waals surface area contributed by atoms with Crippen LogP contribution in [0.2, 0.25) is 0 Å². The number of aryl methyl sites for hydroxylation is 3. The van der Waals surface area contributed by atoms with Gasteiger partial charge in [0, 0.05) is 38.6 Å². The van der Waals surface area contributed by atoms with Gasteiger partial charge in [-0.15, -0.1) is 0 Å². The third-order valence-corrected chi connectivity index (χ3v) is 5.17. The molecule has 3 rings (SSSR count). The van der Waals surface area contributed by atoms with Gasteiger partial charge >= 0.3 is 0 Å². The largest absolute Gasteiger partial charge is 0.367 e. The number of carbonyl (C=O) groups is 2. The highest BCUT2D eigenvalue weighted by Gasteiger charge is 2.24. The Labute approximate surface area is 155 Å². The first-order valence-electron chi connectivity index (χ1n) is 9.18. The van der Waals surface area contributed by atoms with E-state index in [1.54, 1.807) is 0 Å². The van der Waals surface area contributed by atoms with Gasteiger partial charge in [-0.2, -0.15) is 0 Å². The Hall–Kier alpha value is -2.56. The standard InChI is InChI=1S/C21H27N3O2/c1-15-10-16(2)19(17(3)11-15)13-21(26)24-8-6-23(7-9-24)20(25)12-18-4-5-22-14-18/h4-5,10-11,14,22H,6-9,12-13H2,1-3H3. The second kappa shape index (κ2) is 7.77. The van der Waals surface area contributed by atoms with Crippen LogP contribution in [0, 0.1) is 20.8 Å². The molecule has 0 unspecified atom stereocenters. The van der Waals surface area contributed by atoms with E-state index in [1.807, 2.05) is 28.3 Å². The average molecular weight is 353 g/mol. The lowest BCUT2D eigenvalue weighted by Crippen LogP contribution is -2.51. The monoisotopic (exact) mass is 353 g/mol. The highest BCUT2D eigenvalue weighted by molar-refractivity contribution is 5.81. The van der Waals surface area contributed by atoms with Crippen LogP contribution in [-0.4, -0.2) is 52.8 Å². The van der Waals surface area contributed by atoms with Crippen molar-refractivity contribution in [3.8, 4) is 0 Å². The van der Waals surface area contributed by atoms with Crippen molar-refractivity contribution in [1.29, 1.82) is 0 Å². The molecule has 1 fully saturated rings. The number of benzene rings is 1. The quantitative estimate of drug-likeness (QED) is 0.918. The van der Waals surface area contributed by atoms with Crippen molar-refractivity contribution in [3.63, 3.8) is 0 Å². The fraction of sp³-hybridized carbons (Fsp3) is 0.429. The predicted molar refractivity (Wildman–Crippen MR) is 102 cm³/mol. The number of aromatic nitrogens is 1. The summed E-state index contributed by atoms with van der Waals surface area (Å²) in [6.45, 7) is 8.67. The van der Waals surface area contributed by atoms with E-state index in [-0.39, 0.29) is 11.8 Å². The van der Waals surface area contributed by atoms with Crippen molar-refractivity contribution in [3.05, 3.63) is 58.4 Å². The summed E-state index contributed by atoms with van der Waals surface area (Å²) in [5.74, 6) is 0.278. The van der Waals surface area contributed by atoms with E-state index < -0.39 is 0 Å². The van der Waals surface area contributed by atoms with Gasteiger partial charge in [-0.05, 0) is 49.1 Å². The summed E-state index contributed by atoms with van der Waals surface area (Å²) in [5.41, 5.74) is 5.71. The zero-order valence-electron chi connectivity index (χ0n) is 15.8. The number of H-pyrrole nitrogens is 1. The maximum absolute atomic E-state index is 12.7. The number of hydrogen-bond donors (Lipinski definition) is 1. The smallest absolute Gasteiger partial charge is 0.227 e. The van der Waals surface area contributed by atoms with Gasteiger partial charge in [0.05, 0.1) is 12.8 Å². The average Bonchev–Trinajstić information content (AvgIpc) is 3.11. The summed E-state index contributed by atoms with van der Waals surface area (Å²) in [6, 6.07) is 6.18. The van der Waals surface area contributed by atoms with Crippen molar-refractivity contribution in [2.75, 3.05) is 26.2 Å². The van der Waals surface area contributed by atoms with Crippen LogP contribution in [0.25, 0.3) is 0 Å². The zero-order valence-corrected chi connectivity index (χ0v) is 15.8. The van der Waals surface area contributed by atoms with E-state index in [2.05, 4.69) is 37.9 Å². The molecule has 1 saturated heterocycles. The topological polar surface area (TPSA) is 56.4 Å². The second-order valence-electron chi connectivity index (χ2n) is 7.21. The molecule has 5 heteroatoms. The van der Waals surface area contributed by atoms with Crippen LogP contribution < -0.4 is 0 Å². The van der Waals surface area contributed by atoms with Crippen LogP contribution in [0.15, 0.2) is 30.6 Å². The third kappa shape index (κ3) is 4.15. The van der Waals surface area contributed by atoms with Gasteiger partial charge in [0.25, 0.3) is 0 Å². The lowest BCUT2D eigenvalue weighted by atomic mass is 9.97. The van der Waals surface area contributed by atoms with E-state index in [9.17, 15) is 9.59 Å². The Morgan fingerprint density at radius 2 is 1.46 bits per heavy atom. The Kier molecular flexibility index (Phi) is 5.45. The van der Waals surface area contributed by atoms with Gasteiger partial charge in [-0.25, -0.2) is 0 Å². The molecular formula is C21H27N3O2. The van der Waals surface area contributed by atoms with Crippen molar-refractivity contribution in [2.24, 2.45) is 0 Å². The van der Waals surface area contributed by atoms with Crippen molar-refractivity contribution >= 4 is 11.8 Å². The molecule has 0 atom stereocenters. The van der Waals surface area contributed by atoms with E-state index in [4.69, 9.17) is 0 Å². The molecule has 0 radical (unpaired) electrons. The van der Waals surface area contributed by atoms with Gasteiger partial charge in [0.2, 0.25) is 11.8 Å². The molecule has 2 aromatic rings. The molecule has 2 heterocycles. The van der Waals surface area contributed by atoms with Crippen LogP contribution in [-0.2, 0) is 22.4 Å². The van der Waals surface area contributed by atoms with Crippen LogP contribution >= 0.6 is 0 Å². The molecule has 0 aliphatic carbocycles. The van der Waals surface area contributed by atoms with Crippen LogP contribution in [0.1, 0.15) is 27.8 Å². The highest BCUT2D eigenvalue weighted by atomic mass is 16.2. The first-order valence-corrected chi connectivity index (χ1v) is 9.18. The molecule has 1 aliphatic rings. The molecule has 26 heavy (non-hydrogen) atoms. The van der Waals surface area contributed by atoms with Crippen LogP contribution in [0.4, 0.5) is 0 Å². The predicted octanol–water partition coefficient (Wildman–Crippen LogP) is 2.40. The Balaban J connectivity index is 1.54. The number of piperazine rings is 1. The van der Waals surface area contributed by atoms with E-state index in [0.717, 1.165) is 11.1 Å². The minimum absolute atomic E-state index is 0.127. The van der Waals surface area contributed by atoms with Gasteiger partial charge in [0.1, 0.15) is 0 Å². The minimum Gasteiger partial charge on any atom is -0.367 e. The maximum Gasteiger partial charge on any atom is 0.227 e. The number of aromatic amines is 1. The zero-order chi connectivity index (χ0) is 18.7. The van der Waals surface area contributed by atoms with E-state index >= 15 is 0 Å². The lowest BCUT2D eigenvalue weighted by molar-refractivity contribution is -0.138. The summed E-state index contributed by atoms with van der Waals surface area (Å²) in [4.78, 5) is 31.8. The van der Waals surface area contributed by atoms with Gasteiger partial charge < -0.3 is 14.8 Å². The number of nitrogens with one attached hydrogen (secondary N) is 1. The van der Waals surface area contributed by atoms with E-state index in [1.165, 1.54) is 16.7 Å². The fourth-order valence-electron chi connectivity index (χ4n) is 3.71. The van der Waals surface area contributed by atoms with Gasteiger partial charge in [-0.1, -0.05) is 17.7 Å². The number of rotatable bonds is 4. The minimum atomic E-state index is 0.127. The van der Waals surface area contributed by atoms with Crippen LogP contribution in [0.5, 0.6) is 0 Å². The third-order valence-electron chi connectivity index (χ3n) is 5.17. The van der Waals surface area contributed by atoms with Crippen molar-refractivity contribution in [2.45, 2.75) is 33.6 Å². The fourth-order valence-corrected chi connectivity index (χ4v) is 3.71. The number of amides is 2. The lowest BCUT2D eigenvalue weighted by Gasteiger charge is -2.35. The Morgan fingerprint density at radius 1 is 0.923 bits per heavy atom. The molecular weight excluding hydrogens is 326 g/mol.